The first-order chi connectivity index (χ1) is 19.0. The number of aromatic nitrogens is 1. The molecule has 1 aliphatic heterocycles. The van der Waals surface area contributed by atoms with Crippen molar-refractivity contribution in [2.24, 2.45) is 4.99 Å². The minimum Gasteiger partial charge on any atom is -0.497 e. The summed E-state index contributed by atoms with van der Waals surface area (Å²) in [4.78, 5) is 32.7. The first kappa shape index (κ1) is 25.8. The van der Waals surface area contributed by atoms with Gasteiger partial charge in [0.15, 0.2) is 4.80 Å². The van der Waals surface area contributed by atoms with Crippen molar-refractivity contribution in [3.8, 4) is 23.8 Å². The molecule has 39 heavy (non-hydrogen) atoms. The Morgan fingerprint density at radius 3 is 2.59 bits per heavy atom. The highest BCUT2D eigenvalue weighted by Crippen LogP contribution is 2.32. The summed E-state index contributed by atoms with van der Waals surface area (Å²) < 4.78 is 13.0. The lowest BCUT2D eigenvalue weighted by atomic mass is 9.95. The Balaban J connectivity index is 1.62. The van der Waals surface area contributed by atoms with E-state index >= 15 is 0 Å². The van der Waals surface area contributed by atoms with Crippen LogP contribution in [0.3, 0.4) is 0 Å². The number of methoxy groups -OCH3 is 1. The second-order valence-electron chi connectivity index (χ2n) is 8.74. The molecule has 8 heteroatoms. The van der Waals surface area contributed by atoms with Crippen LogP contribution < -0.4 is 29.7 Å². The summed E-state index contributed by atoms with van der Waals surface area (Å²) in [6.07, 6.45) is 7.06. The molecular weight excluding hydrogens is 510 g/mol. The summed E-state index contributed by atoms with van der Waals surface area (Å²) >= 11 is 1.28. The fourth-order valence-electron chi connectivity index (χ4n) is 4.40. The molecule has 0 fully saturated rings. The molecule has 4 aromatic rings. The van der Waals surface area contributed by atoms with E-state index in [1.54, 1.807) is 36.8 Å². The number of carbonyl (C=O) groups is 1. The molecule has 2 heterocycles. The second-order valence-corrected chi connectivity index (χ2v) is 9.75. The number of hydrogen-bond acceptors (Lipinski definition) is 6. The van der Waals surface area contributed by atoms with Gasteiger partial charge in [-0.1, -0.05) is 59.7 Å². The maximum absolute atomic E-state index is 13.8. The van der Waals surface area contributed by atoms with E-state index in [-0.39, 0.29) is 18.1 Å². The predicted octanol–water partition coefficient (Wildman–Crippen LogP) is 3.89. The van der Waals surface area contributed by atoms with Crippen LogP contribution in [-0.2, 0) is 4.79 Å². The summed E-state index contributed by atoms with van der Waals surface area (Å²) in [5.74, 6) is 3.38. The van der Waals surface area contributed by atoms with Crippen LogP contribution in [0.5, 0.6) is 11.5 Å². The zero-order valence-corrected chi connectivity index (χ0v) is 22.2. The van der Waals surface area contributed by atoms with Crippen LogP contribution in [0.4, 0.5) is 5.69 Å². The SMILES string of the molecule is C#CCOc1ccc(/C=c2\sc3n(c2=O)[C@@H](c2cccc(OC)c2)C(C(=O)Nc2ccccc2)=C(C)N=3)cc1. The average Bonchev–Trinajstić information content (AvgIpc) is 3.26. The summed E-state index contributed by atoms with van der Waals surface area (Å²) in [5.41, 5.74) is 2.91. The van der Waals surface area contributed by atoms with E-state index < -0.39 is 6.04 Å². The van der Waals surface area contributed by atoms with Gasteiger partial charge in [-0.25, -0.2) is 4.99 Å². The molecular formula is C31H25N3O4S. The van der Waals surface area contributed by atoms with E-state index in [1.807, 2.05) is 66.7 Å². The van der Waals surface area contributed by atoms with Crippen LogP contribution >= 0.6 is 11.3 Å². The van der Waals surface area contributed by atoms with E-state index in [4.69, 9.17) is 15.9 Å². The quantitative estimate of drug-likeness (QED) is 0.364. The fourth-order valence-corrected chi connectivity index (χ4v) is 5.44. The molecule has 1 amide bonds. The Labute approximate surface area is 229 Å². The third kappa shape index (κ3) is 5.40. The summed E-state index contributed by atoms with van der Waals surface area (Å²) in [7, 11) is 1.58. The van der Waals surface area contributed by atoms with Crippen molar-refractivity contribution in [3.63, 3.8) is 0 Å². The standard InChI is InChI=1S/C31H25N3O4S/c1-4-17-38-24-15-13-21(14-16-24)18-26-30(36)34-28(22-9-8-12-25(19-22)37-3)27(20(2)32-31(34)39-26)29(35)33-23-10-6-5-7-11-23/h1,5-16,18-19,28H,17H2,2-3H3,(H,33,35)/b26-18-/t28-/m0/s1. The Morgan fingerprint density at radius 2 is 1.87 bits per heavy atom. The number of nitrogens with one attached hydrogen (secondary N) is 1. The predicted molar refractivity (Wildman–Crippen MR) is 153 cm³/mol. The maximum atomic E-state index is 13.8. The van der Waals surface area contributed by atoms with Gasteiger partial charge >= 0.3 is 0 Å². The highest BCUT2D eigenvalue weighted by Gasteiger charge is 2.32. The smallest absolute Gasteiger partial charge is 0.271 e. The van der Waals surface area contributed by atoms with Gasteiger partial charge in [-0.05, 0) is 60.5 Å². The van der Waals surface area contributed by atoms with Crippen LogP contribution in [-0.4, -0.2) is 24.2 Å². The Bertz CT molecular complexity index is 1780. The van der Waals surface area contributed by atoms with Crippen molar-refractivity contribution in [3.05, 3.63) is 121 Å². The van der Waals surface area contributed by atoms with E-state index in [1.165, 1.54) is 11.3 Å². The number of thiazole rings is 1. The molecule has 0 aliphatic carbocycles. The van der Waals surface area contributed by atoms with Gasteiger partial charge in [-0.2, -0.15) is 0 Å². The van der Waals surface area contributed by atoms with Gasteiger partial charge in [0.2, 0.25) is 0 Å². The molecule has 1 aromatic heterocycles. The van der Waals surface area contributed by atoms with E-state index in [2.05, 4.69) is 16.2 Å². The van der Waals surface area contributed by atoms with Crippen molar-refractivity contribution in [2.45, 2.75) is 13.0 Å². The molecule has 5 rings (SSSR count). The number of rotatable bonds is 7. The number of amides is 1. The van der Waals surface area contributed by atoms with Gasteiger partial charge in [-0.3, -0.25) is 14.2 Å². The molecule has 1 N–H and O–H groups in total. The van der Waals surface area contributed by atoms with Crippen LogP contribution in [0, 0.1) is 12.3 Å². The van der Waals surface area contributed by atoms with Gasteiger partial charge < -0.3 is 14.8 Å². The van der Waals surface area contributed by atoms with Gasteiger partial charge in [0.1, 0.15) is 18.1 Å². The molecule has 0 unspecified atom stereocenters. The minimum absolute atomic E-state index is 0.182. The van der Waals surface area contributed by atoms with E-state index in [9.17, 15) is 9.59 Å². The lowest BCUT2D eigenvalue weighted by Crippen LogP contribution is -2.40. The van der Waals surface area contributed by atoms with Crippen molar-refractivity contribution < 1.29 is 14.3 Å². The molecule has 7 nitrogen and oxygen atoms in total. The third-order valence-corrected chi connectivity index (χ3v) is 7.19. The zero-order chi connectivity index (χ0) is 27.4. The Kier molecular flexibility index (Phi) is 7.43. The molecule has 1 aliphatic rings. The second kappa shape index (κ2) is 11.3. The highest BCUT2D eigenvalue weighted by atomic mass is 32.1. The topological polar surface area (TPSA) is 81.9 Å². The lowest BCUT2D eigenvalue weighted by molar-refractivity contribution is -0.113. The maximum Gasteiger partial charge on any atom is 0.271 e. The van der Waals surface area contributed by atoms with Crippen LogP contribution in [0.25, 0.3) is 6.08 Å². The van der Waals surface area contributed by atoms with Crippen molar-refractivity contribution in [1.29, 1.82) is 0 Å². The largest absolute Gasteiger partial charge is 0.497 e. The van der Waals surface area contributed by atoms with Gasteiger partial charge in [-0.15, -0.1) is 6.42 Å². The molecule has 0 saturated heterocycles. The summed E-state index contributed by atoms with van der Waals surface area (Å²) in [5, 5.41) is 2.96. The lowest BCUT2D eigenvalue weighted by Gasteiger charge is -2.25. The normalized spacial score (nSPS) is 14.7. The molecule has 0 bridgehead atoms. The number of fused-ring (bicyclic) bond motifs is 1. The van der Waals surface area contributed by atoms with Crippen molar-refractivity contribution in [1.82, 2.24) is 4.57 Å². The van der Waals surface area contributed by atoms with Gasteiger partial charge in [0.05, 0.1) is 29.0 Å². The third-order valence-electron chi connectivity index (χ3n) is 6.21. The van der Waals surface area contributed by atoms with Crippen LogP contribution in [0.2, 0.25) is 0 Å². The highest BCUT2D eigenvalue weighted by molar-refractivity contribution is 7.07. The molecule has 0 radical (unpaired) electrons. The summed E-state index contributed by atoms with van der Waals surface area (Å²) in [6, 6.07) is 23.2. The summed E-state index contributed by atoms with van der Waals surface area (Å²) in [6.45, 7) is 1.97. The number of ether oxygens (including phenoxy) is 2. The number of hydrogen-bond donors (Lipinski definition) is 1. The molecule has 0 saturated carbocycles. The number of terminal acetylenes is 1. The van der Waals surface area contributed by atoms with E-state index in [0.717, 1.165) is 11.1 Å². The van der Waals surface area contributed by atoms with Crippen molar-refractivity contribution in [2.75, 3.05) is 19.0 Å². The number of para-hydroxylation sites is 1. The number of carbonyl (C=O) groups excluding carboxylic acids is 1. The molecule has 194 valence electrons. The fraction of sp³-hybridized carbons (Fsp3) is 0.129. The number of anilines is 1. The minimum atomic E-state index is -0.693. The van der Waals surface area contributed by atoms with Crippen LogP contribution in [0.1, 0.15) is 24.1 Å². The Morgan fingerprint density at radius 1 is 1.10 bits per heavy atom. The Hall–Kier alpha value is -4.87. The molecule has 0 spiro atoms. The van der Waals surface area contributed by atoms with Crippen molar-refractivity contribution >= 4 is 29.0 Å². The monoisotopic (exact) mass is 535 g/mol. The van der Waals surface area contributed by atoms with Gasteiger partial charge in [0.25, 0.3) is 11.5 Å². The molecule has 3 aromatic carbocycles. The first-order valence-corrected chi connectivity index (χ1v) is 13.0. The first-order valence-electron chi connectivity index (χ1n) is 12.2. The number of benzene rings is 3. The van der Waals surface area contributed by atoms with E-state index in [0.29, 0.717) is 37.8 Å². The number of nitrogens with zero attached hydrogens (tertiary/aromatic N) is 2. The molecule has 1 atom stereocenters. The average molecular weight is 536 g/mol. The van der Waals surface area contributed by atoms with Gasteiger partial charge in [0, 0.05) is 5.69 Å². The zero-order valence-electron chi connectivity index (χ0n) is 21.4. The van der Waals surface area contributed by atoms with Crippen LogP contribution in [0.15, 0.2) is 99.9 Å². The number of allylic oxidation sites excluding steroid dienone is 1.